The highest BCUT2D eigenvalue weighted by Crippen LogP contribution is 2.28. The topological polar surface area (TPSA) is 132 Å². The number of likely N-dealkylation sites (tertiary alicyclic amines) is 1. The van der Waals surface area contributed by atoms with Gasteiger partial charge in [0, 0.05) is 48.8 Å². The van der Waals surface area contributed by atoms with Crippen molar-refractivity contribution in [3.8, 4) is 16.9 Å². The summed E-state index contributed by atoms with van der Waals surface area (Å²) in [5.41, 5.74) is 2.31. The molecular formula is C27H25BrFN7O4. The highest BCUT2D eigenvalue weighted by atomic mass is 79.9. The van der Waals surface area contributed by atoms with Crippen LogP contribution in [0, 0.1) is 6.92 Å². The maximum absolute atomic E-state index is 14.5. The molecule has 1 N–H and O–H groups in total. The number of pyridine rings is 1. The second-order valence-corrected chi connectivity index (χ2v) is 10.2. The van der Waals surface area contributed by atoms with Crippen LogP contribution in [0.15, 0.2) is 47.3 Å². The molecule has 2 atom stereocenters. The normalized spacial score (nSPS) is 16.8. The average molecular weight is 610 g/mol. The van der Waals surface area contributed by atoms with E-state index < -0.39 is 24.0 Å². The molecule has 13 heteroatoms. The van der Waals surface area contributed by atoms with Crippen molar-refractivity contribution in [2.75, 3.05) is 19.0 Å². The lowest BCUT2D eigenvalue weighted by molar-refractivity contribution is -0.137. The molecule has 1 aliphatic rings. The number of aryl methyl sites for hydroxylation is 1. The van der Waals surface area contributed by atoms with Crippen LogP contribution in [0.25, 0.3) is 22.0 Å². The van der Waals surface area contributed by atoms with Gasteiger partial charge in [-0.05, 0) is 40.5 Å². The Kier molecular flexibility index (Phi) is 7.57. The molecule has 0 saturated carbocycles. The Balaban J connectivity index is 1.40. The SMILES string of the molecule is COc1cc(Br)nc(NC(=O)C2CC(F)CN2C(=O)Cn2nc(C(C)=O)c3cc(-c4cnc(C)nc4)ccc32)c1. The molecule has 0 bridgehead atoms. The minimum Gasteiger partial charge on any atom is -0.497 e. The molecule has 4 heterocycles. The summed E-state index contributed by atoms with van der Waals surface area (Å²) in [6.45, 7) is 2.67. The third-order valence-electron chi connectivity index (χ3n) is 6.61. The number of benzene rings is 1. The molecule has 0 aliphatic carbocycles. The lowest BCUT2D eigenvalue weighted by Crippen LogP contribution is -2.44. The Bertz CT molecular complexity index is 1630. The summed E-state index contributed by atoms with van der Waals surface area (Å²) in [5.74, 6) is -0.0449. The molecule has 206 valence electrons. The van der Waals surface area contributed by atoms with Crippen LogP contribution < -0.4 is 10.1 Å². The number of fused-ring (bicyclic) bond motifs is 1. The molecule has 1 aliphatic heterocycles. The first-order valence-corrected chi connectivity index (χ1v) is 13.2. The number of carbonyl (C=O) groups is 3. The van der Waals surface area contributed by atoms with Gasteiger partial charge in [0.05, 0.1) is 19.2 Å². The van der Waals surface area contributed by atoms with E-state index in [4.69, 9.17) is 4.74 Å². The summed E-state index contributed by atoms with van der Waals surface area (Å²) in [5, 5.41) is 7.61. The predicted molar refractivity (Wildman–Crippen MR) is 148 cm³/mol. The van der Waals surface area contributed by atoms with Crippen molar-refractivity contribution >= 4 is 50.2 Å². The van der Waals surface area contributed by atoms with Gasteiger partial charge in [-0.25, -0.2) is 19.3 Å². The van der Waals surface area contributed by atoms with Gasteiger partial charge in [-0.2, -0.15) is 5.10 Å². The number of carbonyl (C=O) groups excluding carboxylic acids is 3. The Morgan fingerprint density at radius 2 is 1.90 bits per heavy atom. The number of nitrogens with one attached hydrogen (secondary N) is 1. The van der Waals surface area contributed by atoms with Crippen LogP contribution in [0.4, 0.5) is 10.2 Å². The number of anilines is 1. The highest BCUT2D eigenvalue weighted by Gasteiger charge is 2.40. The fraction of sp³-hybridized carbons (Fsp3) is 0.296. The number of amides is 2. The fourth-order valence-corrected chi connectivity index (χ4v) is 5.09. The zero-order valence-electron chi connectivity index (χ0n) is 21.9. The Morgan fingerprint density at radius 3 is 2.60 bits per heavy atom. The second-order valence-electron chi connectivity index (χ2n) is 9.41. The van der Waals surface area contributed by atoms with E-state index in [1.165, 1.54) is 29.7 Å². The summed E-state index contributed by atoms with van der Waals surface area (Å²) in [7, 11) is 1.48. The van der Waals surface area contributed by atoms with Crippen molar-refractivity contribution in [3.63, 3.8) is 0 Å². The van der Waals surface area contributed by atoms with Gasteiger partial charge < -0.3 is 15.0 Å². The van der Waals surface area contributed by atoms with E-state index in [0.717, 1.165) is 11.1 Å². The zero-order valence-corrected chi connectivity index (χ0v) is 23.5. The number of hydrogen-bond acceptors (Lipinski definition) is 8. The number of rotatable bonds is 7. The molecule has 1 aromatic carbocycles. The highest BCUT2D eigenvalue weighted by molar-refractivity contribution is 9.10. The largest absolute Gasteiger partial charge is 0.497 e. The van der Waals surface area contributed by atoms with Crippen molar-refractivity contribution in [1.82, 2.24) is 29.6 Å². The van der Waals surface area contributed by atoms with Crippen LogP contribution in [0.1, 0.15) is 29.7 Å². The van der Waals surface area contributed by atoms with Crippen LogP contribution in [-0.4, -0.2) is 73.1 Å². The number of hydrogen-bond donors (Lipinski definition) is 1. The lowest BCUT2D eigenvalue weighted by Gasteiger charge is -2.23. The predicted octanol–water partition coefficient (Wildman–Crippen LogP) is 3.75. The third kappa shape index (κ3) is 5.55. The Morgan fingerprint density at radius 1 is 1.15 bits per heavy atom. The van der Waals surface area contributed by atoms with Crippen LogP contribution in [0.5, 0.6) is 5.75 Å². The molecule has 11 nitrogen and oxygen atoms in total. The number of aromatic nitrogens is 5. The lowest BCUT2D eigenvalue weighted by atomic mass is 10.0. The maximum Gasteiger partial charge on any atom is 0.248 e. The molecule has 4 aromatic rings. The molecule has 5 rings (SSSR count). The van der Waals surface area contributed by atoms with Crippen LogP contribution in [-0.2, 0) is 16.1 Å². The van der Waals surface area contributed by atoms with E-state index in [1.54, 1.807) is 37.5 Å². The van der Waals surface area contributed by atoms with Crippen LogP contribution in [0.2, 0.25) is 0 Å². The van der Waals surface area contributed by atoms with E-state index in [9.17, 15) is 18.8 Å². The van der Waals surface area contributed by atoms with Gasteiger partial charge in [0.2, 0.25) is 11.8 Å². The monoisotopic (exact) mass is 609 g/mol. The van der Waals surface area contributed by atoms with Gasteiger partial charge in [0.25, 0.3) is 0 Å². The average Bonchev–Trinajstić information content (AvgIpc) is 3.49. The number of methoxy groups -OCH3 is 1. The first kappa shape index (κ1) is 27.3. The van der Waals surface area contributed by atoms with E-state index in [2.05, 4.69) is 41.3 Å². The molecule has 3 aromatic heterocycles. The van der Waals surface area contributed by atoms with E-state index >= 15 is 0 Å². The number of alkyl halides is 1. The number of ketones is 1. The van der Waals surface area contributed by atoms with Gasteiger partial charge >= 0.3 is 0 Å². The Hall–Kier alpha value is -4.26. The van der Waals surface area contributed by atoms with E-state index in [1.807, 2.05) is 6.07 Å². The van der Waals surface area contributed by atoms with Gasteiger partial charge in [-0.3, -0.25) is 19.1 Å². The van der Waals surface area contributed by atoms with Crippen molar-refractivity contribution in [3.05, 3.63) is 58.8 Å². The first-order chi connectivity index (χ1) is 19.1. The van der Waals surface area contributed by atoms with Crippen LogP contribution in [0.3, 0.4) is 0 Å². The molecule has 0 radical (unpaired) electrons. The number of nitrogens with zero attached hydrogens (tertiary/aromatic N) is 6. The van der Waals surface area contributed by atoms with Crippen LogP contribution >= 0.6 is 15.9 Å². The quantitative estimate of drug-likeness (QED) is 0.247. The smallest absolute Gasteiger partial charge is 0.248 e. The maximum atomic E-state index is 14.5. The number of halogens is 2. The molecule has 40 heavy (non-hydrogen) atoms. The first-order valence-electron chi connectivity index (χ1n) is 12.4. The molecule has 2 unspecified atom stereocenters. The third-order valence-corrected chi connectivity index (χ3v) is 7.02. The summed E-state index contributed by atoms with van der Waals surface area (Å²) in [6.07, 6.45) is 1.86. The van der Waals surface area contributed by atoms with Crippen molar-refractivity contribution in [2.45, 2.75) is 39.0 Å². The minimum absolute atomic E-state index is 0.150. The van der Waals surface area contributed by atoms with Gasteiger partial charge in [0.1, 0.15) is 46.4 Å². The Labute approximate surface area is 236 Å². The van der Waals surface area contributed by atoms with Gasteiger partial charge in [0.15, 0.2) is 5.78 Å². The standard InChI is InChI=1S/C27H25BrFN7O4/c1-14(37)26-20-6-16(17-10-30-15(2)31-11-17)4-5-21(20)36(34-26)13-25(38)35-12-18(29)7-22(35)27(39)33-24-9-19(40-3)8-23(28)32-24/h4-6,8-11,18,22H,7,12-13H2,1-3H3,(H,32,33,39). The molecule has 2 amide bonds. The second kappa shape index (κ2) is 11.1. The molecular weight excluding hydrogens is 585 g/mol. The van der Waals surface area contributed by atoms with Gasteiger partial charge in [-0.1, -0.05) is 6.07 Å². The van der Waals surface area contributed by atoms with Crippen molar-refractivity contribution in [1.29, 1.82) is 0 Å². The molecule has 1 saturated heterocycles. The summed E-state index contributed by atoms with van der Waals surface area (Å²) in [6, 6.07) is 7.49. The number of Topliss-reactive ketones (excluding diaryl/α,β-unsaturated/α-hetero) is 1. The van der Waals surface area contributed by atoms with E-state index in [0.29, 0.717) is 27.1 Å². The fourth-order valence-electron chi connectivity index (χ4n) is 4.67. The number of ether oxygens (including phenoxy) is 1. The van der Waals surface area contributed by atoms with E-state index in [-0.39, 0.29) is 36.8 Å². The summed E-state index contributed by atoms with van der Waals surface area (Å²) >= 11 is 3.25. The zero-order chi connectivity index (χ0) is 28.6. The van der Waals surface area contributed by atoms with Gasteiger partial charge in [-0.15, -0.1) is 0 Å². The molecule has 1 fully saturated rings. The summed E-state index contributed by atoms with van der Waals surface area (Å²) in [4.78, 5) is 52.7. The molecule has 0 spiro atoms. The minimum atomic E-state index is -1.37. The van der Waals surface area contributed by atoms with Crippen molar-refractivity contribution in [2.24, 2.45) is 0 Å². The summed E-state index contributed by atoms with van der Waals surface area (Å²) < 4.78 is 21.5. The van der Waals surface area contributed by atoms with Crippen molar-refractivity contribution < 1.29 is 23.5 Å².